The number of ether oxygens (including phenoxy) is 1. The summed E-state index contributed by atoms with van der Waals surface area (Å²) in [6.07, 6.45) is 0. The van der Waals surface area contributed by atoms with Crippen LogP contribution in [0.2, 0.25) is 0 Å². The molecular formula is C14H11N3OS. The Morgan fingerprint density at radius 2 is 2.16 bits per heavy atom. The molecule has 0 atom stereocenters. The van der Waals surface area contributed by atoms with Crippen molar-refractivity contribution in [2.24, 2.45) is 0 Å². The van der Waals surface area contributed by atoms with Crippen LogP contribution in [0, 0.1) is 22.7 Å². The molecule has 0 bridgehead atoms. The second-order valence-corrected chi connectivity index (χ2v) is 4.76. The van der Waals surface area contributed by atoms with Crippen molar-refractivity contribution in [1.82, 2.24) is 0 Å². The summed E-state index contributed by atoms with van der Waals surface area (Å²) in [4.78, 5) is 1.03. The molecule has 1 N–H and O–H groups in total. The molecule has 1 aromatic heterocycles. The Labute approximate surface area is 115 Å². The standard InChI is InChI=1S/C14H11N3OS/c1-18-13-4-2-3-11(7-16)14(13)17-8-12-5-10(6-15)9-19-12/h2-5,9,17H,8H2,1H3. The van der Waals surface area contributed by atoms with Gasteiger partial charge in [-0.2, -0.15) is 10.5 Å². The molecule has 2 aromatic rings. The summed E-state index contributed by atoms with van der Waals surface area (Å²) in [6.45, 7) is 0.557. The number of methoxy groups -OCH3 is 1. The van der Waals surface area contributed by atoms with Crippen LogP contribution < -0.4 is 10.1 Å². The van der Waals surface area contributed by atoms with Crippen molar-refractivity contribution in [3.8, 4) is 17.9 Å². The highest BCUT2D eigenvalue weighted by Gasteiger charge is 2.09. The van der Waals surface area contributed by atoms with Crippen LogP contribution in [0.3, 0.4) is 0 Å². The van der Waals surface area contributed by atoms with Crippen molar-refractivity contribution in [1.29, 1.82) is 10.5 Å². The van der Waals surface area contributed by atoms with Gasteiger partial charge < -0.3 is 10.1 Å². The van der Waals surface area contributed by atoms with E-state index in [1.807, 2.05) is 11.4 Å². The molecule has 19 heavy (non-hydrogen) atoms. The summed E-state index contributed by atoms with van der Waals surface area (Å²) in [6, 6.07) is 11.4. The Kier molecular flexibility index (Phi) is 4.02. The number of rotatable bonds is 4. The van der Waals surface area contributed by atoms with Crippen molar-refractivity contribution < 1.29 is 4.74 Å². The summed E-state index contributed by atoms with van der Waals surface area (Å²) in [5.74, 6) is 0.635. The number of para-hydroxylation sites is 1. The van der Waals surface area contributed by atoms with Crippen LogP contribution in [0.25, 0.3) is 0 Å². The molecule has 0 aliphatic heterocycles. The number of nitrogens with zero attached hydrogens (tertiary/aromatic N) is 2. The molecule has 0 saturated carbocycles. The maximum Gasteiger partial charge on any atom is 0.143 e. The van der Waals surface area contributed by atoms with Gasteiger partial charge in [0.05, 0.1) is 23.9 Å². The van der Waals surface area contributed by atoms with E-state index in [1.165, 1.54) is 11.3 Å². The highest BCUT2D eigenvalue weighted by atomic mass is 32.1. The Hall–Kier alpha value is -2.50. The maximum absolute atomic E-state index is 9.09. The first-order valence-corrected chi connectivity index (χ1v) is 6.45. The van der Waals surface area contributed by atoms with Gasteiger partial charge in [0.25, 0.3) is 0 Å². The molecule has 0 saturated heterocycles. The van der Waals surface area contributed by atoms with Crippen LogP contribution in [-0.2, 0) is 6.54 Å². The van der Waals surface area contributed by atoms with Gasteiger partial charge in [-0.25, -0.2) is 0 Å². The molecule has 0 aliphatic carbocycles. The molecule has 94 valence electrons. The molecule has 1 aromatic carbocycles. The van der Waals surface area contributed by atoms with E-state index in [0.29, 0.717) is 29.1 Å². The van der Waals surface area contributed by atoms with Gasteiger partial charge in [-0.05, 0) is 18.2 Å². The third kappa shape index (κ3) is 2.85. The van der Waals surface area contributed by atoms with Crippen molar-refractivity contribution in [3.63, 3.8) is 0 Å². The molecule has 0 unspecified atom stereocenters. The minimum absolute atomic E-state index is 0.538. The fourth-order valence-electron chi connectivity index (χ4n) is 1.68. The SMILES string of the molecule is COc1cccc(C#N)c1NCc1cc(C#N)cs1. The summed E-state index contributed by atoms with van der Waals surface area (Å²) >= 11 is 1.51. The monoisotopic (exact) mass is 269 g/mol. The lowest BCUT2D eigenvalue weighted by atomic mass is 10.1. The van der Waals surface area contributed by atoms with Gasteiger partial charge >= 0.3 is 0 Å². The van der Waals surface area contributed by atoms with Crippen molar-refractivity contribution >= 4 is 17.0 Å². The largest absolute Gasteiger partial charge is 0.495 e. The zero-order valence-electron chi connectivity index (χ0n) is 10.3. The number of nitrogens with one attached hydrogen (secondary N) is 1. The third-order valence-electron chi connectivity index (χ3n) is 2.59. The van der Waals surface area contributed by atoms with Gasteiger partial charge in [-0.1, -0.05) is 6.07 Å². The average molecular weight is 269 g/mol. The summed E-state index contributed by atoms with van der Waals surface area (Å²) in [7, 11) is 1.57. The Morgan fingerprint density at radius 3 is 2.79 bits per heavy atom. The van der Waals surface area contributed by atoms with Crippen LogP contribution >= 0.6 is 11.3 Å². The number of hydrogen-bond donors (Lipinski definition) is 1. The first kappa shape index (κ1) is 12.9. The van der Waals surface area contributed by atoms with E-state index in [0.717, 1.165) is 4.88 Å². The van der Waals surface area contributed by atoms with Gasteiger partial charge in [0, 0.05) is 16.8 Å². The van der Waals surface area contributed by atoms with Crippen LogP contribution in [0.4, 0.5) is 5.69 Å². The molecule has 0 radical (unpaired) electrons. The van der Waals surface area contributed by atoms with E-state index in [2.05, 4.69) is 17.5 Å². The Balaban J connectivity index is 2.19. The lowest BCUT2D eigenvalue weighted by Crippen LogP contribution is -2.02. The van der Waals surface area contributed by atoms with E-state index in [1.54, 1.807) is 25.3 Å². The first-order valence-electron chi connectivity index (χ1n) is 5.57. The maximum atomic E-state index is 9.09. The topological polar surface area (TPSA) is 68.8 Å². The fraction of sp³-hybridized carbons (Fsp3) is 0.143. The molecule has 0 spiro atoms. The zero-order chi connectivity index (χ0) is 13.7. The number of benzene rings is 1. The summed E-state index contributed by atoms with van der Waals surface area (Å²) in [5, 5.41) is 22.9. The molecule has 4 nitrogen and oxygen atoms in total. The number of anilines is 1. The molecule has 0 aliphatic rings. The number of thiophene rings is 1. The molecule has 2 rings (SSSR count). The van der Waals surface area contributed by atoms with Crippen LogP contribution in [0.15, 0.2) is 29.6 Å². The van der Waals surface area contributed by atoms with Crippen molar-refractivity contribution in [2.45, 2.75) is 6.54 Å². The lowest BCUT2D eigenvalue weighted by Gasteiger charge is -2.11. The summed E-state index contributed by atoms with van der Waals surface area (Å²) < 4.78 is 5.24. The average Bonchev–Trinajstić information content (AvgIpc) is 2.92. The van der Waals surface area contributed by atoms with Gasteiger partial charge in [0.15, 0.2) is 0 Å². The molecule has 0 amide bonds. The van der Waals surface area contributed by atoms with Crippen molar-refractivity contribution in [3.05, 3.63) is 45.6 Å². The first-order chi connectivity index (χ1) is 9.28. The molecule has 1 heterocycles. The zero-order valence-corrected chi connectivity index (χ0v) is 11.1. The lowest BCUT2D eigenvalue weighted by molar-refractivity contribution is 0.416. The quantitative estimate of drug-likeness (QED) is 0.925. The van der Waals surface area contributed by atoms with E-state index in [9.17, 15) is 0 Å². The van der Waals surface area contributed by atoms with Gasteiger partial charge in [-0.3, -0.25) is 0 Å². The predicted molar refractivity (Wildman–Crippen MR) is 74.1 cm³/mol. The van der Waals surface area contributed by atoms with E-state index < -0.39 is 0 Å². The van der Waals surface area contributed by atoms with Crippen LogP contribution in [0.5, 0.6) is 5.75 Å². The minimum atomic E-state index is 0.538. The van der Waals surface area contributed by atoms with E-state index in [4.69, 9.17) is 15.3 Å². The molecular weight excluding hydrogens is 258 g/mol. The van der Waals surface area contributed by atoms with Gasteiger partial charge in [0.1, 0.15) is 17.9 Å². The van der Waals surface area contributed by atoms with E-state index >= 15 is 0 Å². The second-order valence-electron chi connectivity index (χ2n) is 3.76. The predicted octanol–water partition coefficient (Wildman–Crippen LogP) is 3.11. The minimum Gasteiger partial charge on any atom is -0.495 e. The van der Waals surface area contributed by atoms with Gasteiger partial charge in [-0.15, -0.1) is 11.3 Å². The fourth-order valence-corrected chi connectivity index (χ4v) is 2.43. The summed E-state index contributed by atoms with van der Waals surface area (Å²) in [5.41, 5.74) is 1.87. The Morgan fingerprint density at radius 1 is 1.32 bits per heavy atom. The third-order valence-corrected chi connectivity index (χ3v) is 3.53. The van der Waals surface area contributed by atoms with Crippen LogP contribution in [0.1, 0.15) is 16.0 Å². The smallest absolute Gasteiger partial charge is 0.143 e. The van der Waals surface area contributed by atoms with E-state index in [-0.39, 0.29) is 0 Å². The van der Waals surface area contributed by atoms with Crippen LogP contribution in [-0.4, -0.2) is 7.11 Å². The molecule has 5 heteroatoms. The normalized spacial score (nSPS) is 9.42. The number of hydrogen-bond acceptors (Lipinski definition) is 5. The highest BCUT2D eigenvalue weighted by Crippen LogP contribution is 2.28. The highest BCUT2D eigenvalue weighted by molar-refractivity contribution is 7.10. The Bertz CT molecular complexity index is 664. The number of nitriles is 2. The van der Waals surface area contributed by atoms with Gasteiger partial charge in [0.2, 0.25) is 0 Å². The van der Waals surface area contributed by atoms with Crippen molar-refractivity contribution in [2.75, 3.05) is 12.4 Å². The second kappa shape index (κ2) is 5.90. The molecule has 0 fully saturated rings.